The van der Waals surface area contributed by atoms with Gasteiger partial charge in [-0.3, -0.25) is 9.59 Å². The predicted molar refractivity (Wildman–Crippen MR) is 112 cm³/mol. The Bertz CT molecular complexity index is 795. The lowest BCUT2D eigenvalue weighted by Crippen LogP contribution is -2.45. The molecule has 0 spiro atoms. The second kappa shape index (κ2) is 9.54. The molecule has 148 valence electrons. The number of carbonyl (C=O) groups is 2. The lowest BCUT2D eigenvalue weighted by Gasteiger charge is -2.33. The molecule has 2 aromatic carbocycles. The van der Waals surface area contributed by atoms with E-state index in [1.165, 1.54) is 12.5 Å². The van der Waals surface area contributed by atoms with Crippen molar-refractivity contribution in [3.05, 3.63) is 71.3 Å². The van der Waals surface area contributed by atoms with E-state index in [4.69, 9.17) is 0 Å². The third kappa shape index (κ3) is 5.44. The van der Waals surface area contributed by atoms with Crippen molar-refractivity contribution in [1.82, 2.24) is 9.80 Å². The normalized spacial score (nSPS) is 14.7. The minimum atomic E-state index is -0.0597. The van der Waals surface area contributed by atoms with Crippen molar-refractivity contribution in [2.45, 2.75) is 39.7 Å². The van der Waals surface area contributed by atoms with E-state index in [2.05, 4.69) is 24.3 Å². The van der Waals surface area contributed by atoms with Crippen LogP contribution in [0.1, 0.15) is 36.5 Å². The average Bonchev–Trinajstić information content (AvgIpc) is 2.70. The first-order valence-electron chi connectivity index (χ1n) is 10.1. The van der Waals surface area contributed by atoms with E-state index in [0.29, 0.717) is 12.5 Å². The second-order valence-electron chi connectivity index (χ2n) is 7.82. The topological polar surface area (TPSA) is 40.6 Å². The third-order valence-corrected chi connectivity index (χ3v) is 5.73. The van der Waals surface area contributed by atoms with E-state index in [-0.39, 0.29) is 18.4 Å². The Morgan fingerprint density at radius 2 is 1.64 bits per heavy atom. The van der Waals surface area contributed by atoms with Gasteiger partial charge in [-0.1, -0.05) is 54.6 Å². The molecule has 28 heavy (non-hydrogen) atoms. The number of hydrogen-bond donors (Lipinski definition) is 0. The molecule has 4 heteroatoms. The summed E-state index contributed by atoms with van der Waals surface area (Å²) in [6.45, 7) is 5.79. The first-order chi connectivity index (χ1) is 13.5. The molecule has 0 atom stereocenters. The van der Waals surface area contributed by atoms with E-state index >= 15 is 0 Å². The summed E-state index contributed by atoms with van der Waals surface area (Å²) in [4.78, 5) is 28.5. The summed E-state index contributed by atoms with van der Waals surface area (Å²) in [6.07, 6.45) is 3.13. The van der Waals surface area contributed by atoms with Gasteiger partial charge in [0.15, 0.2) is 0 Å². The van der Waals surface area contributed by atoms with Gasteiger partial charge in [0.2, 0.25) is 11.8 Å². The first kappa shape index (κ1) is 20.1. The fourth-order valence-corrected chi connectivity index (χ4v) is 3.87. The maximum atomic E-state index is 12.8. The van der Waals surface area contributed by atoms with E-state index in [1.54, 1.807) is 4.90 Å². The van der Waals surface area contributed by atoms with Crippen molar-refractivity contribution < 1.29 is 9.59 Å². The van der Waals surface area contributed by atoms with Gasteiger partial charge in [-0.15, -0.1) is 0 Å². The smallest absolute Gasteiger partial charge is 0.242 e. The highest BCUT2D eigenvalue weighted by atomic mass is 16.2. The number of nitrogens with zero attached hydrogens (tertiary/aromatic N) is 2. The Kier molecular flexibility index (Phi) is 6.85. The highest BCUT2D eigenvalue weighted by Gasteiger charge is 2.25. The minimum Gasteiger partial charge on any atom is -0.341 e. The molecule has 0 aliphatic carbocycles. The molecule has 0 bridgehead atoms. The van der Waals surface area contributed by atoms with Crippen LogP contribution in [0.3, 0.4) is 0 Å². The van der Waals surface area contributed by atoms with Crippen molar-refractivity contribution in [2.24, 2.45) is 5.92 Å². The molecule has 4 nitrogen and oxygen atoms in total. The van der Waals surface area contributed by atoms with Gasteiger partial charge < -0.3 is 9.80 Å². The third-order valence-electron chi connectivity index (χ3n) is 5.73. The van der Waals surface area contributed by atoms with Crippen LogP contribution in [0.4, 0.5) is 0 Å². The highest BCUT2D eigenvalue weighted by Crippen LogP contribution is 2.22. The minimum absolute atomic E-state index is 0.0574. The van der Waals surface area contributed by atoms with Crippen molar-refractivity contribution in [3.8, 4) is 0 Å². The van der Waals surface area contributed by atoms with E-state index in [9.17, 15) is 9.59 Å². The summed E-state index contributed by atoms with van der Waals surface area (Å²) in [7, 11) is 0. The second-order valence-corrected chi connectivity index (χ2v) is 7.82. The molecule has 0 N–H and O–H groups in total. The van der Waals surface area contributed by atoms with Gasteiger partial charge in [0.25, 0.3) is 0 Å². The quantitative estimate of drug-likeness (QED) is 0.767. The van der Waals surface area contributed by atoms with Crippen LogP contribution in [-0.2, 0) is 22.6 Å². The molecular weight excluding hydrogens is 348 g/mol. The number of amides is 2. The van der Waals surface area contributed by atoms with Gasteiger partial charge >= 0.3 is 0 Å². The van der Waals surface area contributed by atoms with Crippen molar-refractivity contribution in [2.75, 3.05) is 19.6 Å². The fourth-order valence-electron chi connectivity index (χ4n) is 3.87. The summed E-state index contributed by atoms with van der Waals surface area (Å²) >= 11 is 0. The molecule has 3 rings (SSSR count). The van der Waals surface area contributed by atoms with Crippen molar-refractivity contribution in [1.29, 1.82) is 0 Å². The maximum absolute atomic E-state index is 12.8. The summed E-state index contributed by atoms with van der Waals surface area (Å²) < 4.78 is 0. The highest BCUT2D eigenvalue weighted by molar-refractivity contribution is 5.84. The first-order valence-corrected chi connectivity index (χ1v) is 10.1. The molecule has 2 amide bonds. The molecule has 1 aliphatic rings. The van der Waals surface area contributed by atoms with Gasteiger partial charge in [0.1, 0.15) is 6.54 Å². The van der Waals surface area contributed by atoms with Crippen LogP contribution in [0, 0.1) is 12.8 Å². The zero-order chi connectivity index (χ0) is 19.9. The largest absolute Gasteiger partial charge is 0.341 e. The molecule has 1 aliphatic heterocycles. The number of aryl methyl sites for hydroxylation is 1. The number of rotatable bonds is 6. The summed E-state index contributed by atoms with van der Waals surface area (Å²) in [5.41, 5.74) is 3.60. The van der Waals surface area contributed by atoms with Gasteiger partial charge in [-0.2, -0.15) is 0 Å². The Hall–Kier alpha value is -2.62. The molecule has 1 heterocycles. The van der Waals surface area contributed by atoms with Gasteiger partial charge in [0, 0.05) is 26.6 Å². The molecule has 0 unspecified atom stereocenters. The van der Waals surface area contributed by atoms with Crippen molar-refractivity contribution in [3.63, 3.8) is 0 Å². The average molecular weight is 379 g/mol. The van der Waals surface area contributed by atoms with Gasteiger partial charge in [-0.25, -0.2) is 0 Å². The van der Waals surface area contributed by atoms with E-state index in [1.807, 2.05) is 42.2 Å². The molecule has 0 saturated carbocycles. The SMILES string of the molecule is CC(=O)N(CC(=O)N1CCC(Cc2ccccc2)CC1)Cc1ccccc1C. The zero-order valence-corrected chi connectivity index (χ0v) is 16.9. The molecule has 2 aromatic rings. The fraction of sp³-hybridized carbons (Fsp3) is 0.417. The molecular formula is C24H30N2O2. The maximum Gasteiger partial charge on any atom is 0.242 e. The summed E-state index contributed by atoms with van der Waals surface area (Å²) in [5, 5.41) is 0. The van der Waals surface area contributed by atoms with E-state index < -0.39 is 0 Å². The van der Waals surface area contributed by atoms with Crippen LogP contribution >= 0.6 is 0 Å². The molecule has 1 fully saturated rings. The monoisotopic (exact) mass is 378 g/mol. The summed E-state index contributed by atoms with van der Waals surface area (Å²) in [6, 6.07) is 18.6. The summed E-state index contributed by atoms with van der Waals surface area (Å²) in [5.74, 6) is 0.625. The zero-order valence-electron chi connectivity index (χ0n) is 16.9. The molecule has 0 radical (unpaired) electrons. The van der Waals surface area contributed by atoms with Crippen LogP contribution in [-0.4, -0.2) is 41.2 Å². The van der Waals surface area contributed by atoms with Crippen molar-refractivity contribution >= 4 is 11.8 Å². The Balaban J connectivity index is 1.52. The molecule has 0 aromatic heterocycles. The number of hydrogen-bond acceptors (Lipinski definition) is 2. The van der Waals surface area contributed by atoms with Crippen LogP contribution < -0.4 is 0 Å². The van der Waals surface area contributed by atoms with Crippen LogP contribution in [0.2, 0.25) is 0 Å². The Morgan fingerprint density at radius 1 is 1.00 bits per heavy atom. The number of carbonyl (C=O) groups excluding carboxylic acids is 2. The lowest BCUT2D eigenvalue weighted by atomic mass is 9.90. The number of likely N-dealkylation sites (tertiary alicyclic amines) is 1. The van der Waals surface area contributed by atoms with Gasteiger partial charge in [0.05, 0.1) is 0 Å². The molecule has 1 saturated heterocycles. The predicted octanol–water partition coefficient (Wildman–Crippen LogP) is 3.82. The number of benzene rings is 2. The Labute approximate surface area is 168 Å². The van der Waals surface area contributed by atoms with Gasteiger partial charge in [-0.05, 0) is 48.8 Å². The van der Waals surface area contributed by atoms with Crippen LogP contribution in [0.5, 0.6) is 0 Å². The Morgan fingerprint density at radius 3 is 2.29 bits per heavy atom. The lowest BCUT2D eigenvalue weighted by molar-refractivity contribution is -0.140. The van der Waals surface area contributed by atoms with Crippen LogP contribution in [0.25, 0.3) is 0 Å². The van der Waals surface area contributed by atoms with Crippen LogP contribution in [0.15, 0.2) is 54.6 Å². The standard InChI is InChI=1S/C24H30N2O2/c1-19-8-6-7-11-23(19)17-26(20(2)27)18-24(28)25-14-12-22(13-15-25)16-21-9-4-3-5-10-21/h3-11,22H,12-18H2,1-2H3. The number of piperidine rings is 1. The van der Waals surface area contributed by atoms with E-state index in [0.717, 1.165) is 43.5 Å².